The zero-order valence-electron chi connectivity index (χ0n) is 14.6. The molecule has 2 aromatic carbocycles. The largest absolute Gasteiger partial charge is 0.465 e. The number of para-hydroxylation sites is 1. The van der Waals surface area contributed by atoms with E-state index in [1.54, 1.807) is 10.6 Å². The minimum atomic E-state index is -1.06. The molecule has 1 amide bonds. The van der Waals surface area contributed by atoms with Gasteiger partial charge in [-0.05, 0) is 36.2 Å². The van der Waals surface area contributed by atoms with E-state index in [0.29, 0.717) is 10.9 Å². The molecule has 0 radical (unpaired) electrons. The average Bonchev–Trinajstić information content (AvgIpc) is 2.65. The standard InChI is InChI=1S/C20H21N3O3/c1-2-3-8-18-22-17-7-5-4-6-16(17)19(24)23(18)15-11-9-14(10-12-15)13-21-20(25)26/h4-7,9-12,21H,2-3,8,13H2,1H3,(H,25,26). The molecule has 26 heavy (non-hydrogen) atoms. The molecule has 3 aromatic rings. The van der Waals surface area contributed by atoms with Crippen molar-refractivity contribution < 1.29 is 9.90 Å². The third kappa shape index (κ3) is 3.74. The Morgan fingerprint density at radius 1 is 1.15 bits per heavy atom. The molecule has 6 nitrogen and oxygen atoms in total. The molecule has 0 unspecified atom stereocenters. The van der Waals surface area contributed by atoms with Crippen LogP contribution in [0.15, 0.2) is 53.3 Å². The molecule has 0 aliphatic heterocycles. The van der Waals surface area contributed by atoms with E-state index < -0.39 is 6.09 Å². The fraction of sp³-hybridized carbons (Fsp3) is 0.250. The van der Waals surface area contributed by atoms with Gasteiger partial charge in [0.1, 0.15) is 5.82 Å². The number of amides is 1. The van der Waals surface area contributed by atoms with Crippen LogP contribution >= 0.6 is 0 Å². The van der Waals surface area contributed by atoms with E-state index in [9.17, 15) is 9.59 Å². The molecule has 0 saturated heterocycles. The smallest absolute Gasteiger partial charge is 0.404 e. The van der Waals surface area contributed by atoms with Crippen LogP contribution in [0.3, 0.4) is 0 Å². The Bertz CT molecular complexity index is 978. The van der Waals surface area contributed by atoms with E-state index in [2.05, 4.69) is 12.2 Å². The number of benzene rings is 2. The Balaban J connectivity index is 2.06. The summed E-state index contributed by atoms with van der Waals surface area (Å²) in [6, 6.07) is 14.6. The Hall–Kier alpha value is -3.15. The molecule has 0 fully saturated rings. The van der Waals surface area contributed by atoms with Crippen molar-refractivity contribution in [3.63, 3.8) is 0 Å². The van der Waals surface area contributed by atoms with Gasteiger partial charge in [0.2, 0.25) is 0 Å². The molecule has 0 atom stereocenters. The van der Waals surface area contributed by atoms with Gasteiger partial charge in [-0.2, -0.15) is 0 Å². The molecule has 0 aliphatic carbocycles. The highest BCUT2D eigenvalue weighted by molar-refractivity contribution is 5.77. The number of unbranched alkanes of at least 4 members (excludes halogenated alkanes) is 1. The Labute approximate surface area is 151 Å². The van der Waals surface area contributed by atoms with Gasteiger partial charge >= 0.3 is 6.09 Å². The van der Waals surface area contributed by atoms with Crippen molar-refractivity contribution in [1.82, 2.24) is 14.9 Å². The fourth-order valence-electron chi connectivity index (χ4n) is 2.89. The maximum atomic E-state index is 13.0. The van der Waals surface area contributed by atoms with Crippen LogP contribution in [-0.4, -0.2) is 20.8 Å². The van der Waals surface area contributed by atoms with Gasteiger partial charge in [0, 0.05) is 13.0 Å². The normalized spacial score (nSPS) is 10.8. The van der Waals surface area contributed by atoms with E-state index in [-0.39, 0.29) is 12.1 Å². The number of carbonyl (C=O) groups is 1. The van der Waals surface area contributed by atoms with Crippen LogP contribution in [-0.2, 0) is 13.0 Å². The molecule has 134 valence electrons. The predicted molar refractivity (Wildman–Crippen MR) is 101 cm³/mol. The van der Waals surface area contributed by atoms with E-state index in [1.165, 1.54) is 0 Å². The van der Waals surface area contributed by atoms with Gasteiger partial charge < -0.3 is 10.4 Å². The van der Waals surface area contributed by atoms with E-state index in [0.717, 1.165) is 36.3 Å². The second-order valence-corrected chi connectivity index (χ2v) is 6.11. The maximum absolute atomic E-state index is 13.0. The van der Waals surface area contributed by atoms with Gasteiger partial charge in [0.15, 0.2) is 0 Å². The van der Waals surface area contributed by atoms with Crippen LogP contribution < -0.4 is 10.9 Å². The first kappa shape index (κ1) is 17.7. The molecule has 0 spiro atoms. The van der Waals surface area contributed by atoms with Crippen molar-refractivity contribution >= 4 is 17.0 Å². The second kappa shape index (κ2) is 7.82. The molecule has 2 N–H and O–H groups in total. The summed E-state index contributed by atoms with van der Waals surface area (Å²) in [7, 11) is 0. The number of nitrogens with zero attached hydrogens (tertiary/aromatic N) is 2. The van der Waals surface area contributed by atoms with Crippen molar-refractivity contribution in [2.24, 2.45) is 0 Å². The fourth-order valence-corrected chi connectivity index (χ4v) is 2.89. The van der Waals surface area contributed by atoms with Crippen LogP contribution in [0.1, 0.15) is 31.2 Å². The highest BCUT2D eigenvalue weighted by Gasteiger charge is 2.12. The van der Waals surface area contributed by atoms with Crippen LogP contribution in [0, 0.1) is 0 Å². The number of hydrogen-bond acceptors (Lipinski definition) is 3. The maximum Gasteiger partial charge on any atom is 0.404 e. The summed E-state index contributed by atoms with van der Waals surface area (Å²) in [5.41, 5.74) is 2.19. The van der Waals surface area contributed by atoms with Gasteiger partial charge in [0.25, 0.3) is 5.56 Å². The highest BCUT2D eigenvalue weighted by Crippen LogP contribution is 2.15. The summed E-state index contributed by atoms with van der Waals surface area (Å²) in [5.74, 6) is 0.743. The average molecular weight is 351 g/mol. The van der Waals surface area contributed by atoms with Crippen molar-refractivity contribution in [2.75, 3.05) is 0 Å². The van der Waals surface area contributed by atoms with Gasteiger partial charge in [-0.3, -0.25) is 9.36 Å². The van der Waals surface area contributed by atoms with E-state index >= 15 is 0 Å². The molecule has 0 bridgehead atoms. The van der Waals surface area contributed by atoms with E-state index in [1.807, 2.05) is 42.5 Å². The molecular formula is C20H21N3O3. The zero-order valence-corrected chi connectivity index (χ0v) is 14.6. The highest BCUT2D eigenvalue weighted by atomic mass is 16.4. The van der Waals surface area contributed by atoms with Crippen LogP contribution in [0.25, 0.3) is 16.6 Å². The van der Waals surface area contributed by atoms with Gasteiger partial charge in [-0.25, -0.2) is 9.78 Å². The lowest BCUT2D eigenvalue weighted by Crippen LogP contribution is -2.24. The van der Waals surface area contributed by atoms with Crippen molar-refractivity contribution in [1.29, 1.82) is 0 Å². The van der Waals surface area contributed by atoms with Crippen molar-refractivity contribution in [3.05, 3.63) is 70.3 Å². The van der Waals surface area contributed by atoms with Gasteiger partial charge in [0.05, 0.1) is 16.6 Å². The lowest BCUT2D eigenvalue weighted by atomic mass is 10.1. The number of hydrogen-bond donors (Lipinski definition) is 2. The SMILES string of the molecule is CCCCc1nc2ccccc2c(=O)n1-c1ccc(CNC(=O)O)cc1. The molecule has 0 saturated carbocycles. The number of nitrogens with one attached hydrogen (secondary N) is 1. The van der Waals surface area contributed by atoms with Crippen LogP contribution in [0.5, 0.6) is 0 Å². The topological polar surface area (TPSA) is 84.2 Å². The summed E-state index contributed by atoms with van der Waals surface area (Å²) in [5, 5.41) is 11.6. The quantitative estimate of drug-likeness (QED) is 0.712. The number of carboxylic acid groups (broad SMARTS) is 1. The lowest BCUT2D eigenvalue weighted by molar-refractivity contribution is 0.194. The minimum Gasteiger partial charge on any atom is -0.465 e. The molecule has 1 heterocycles. The first-order valence-electron chi connectivity index (χ1n) is 8.67. The first-order chi connectivity index (χ1) is 12.6. The van der Waals surface area contributed by atoms with Crippen LogP contribution in [0.2, 0.25) is 0 Å². The summed E-state index contributed by atoms with van der Waals surface area (Å²) in [4.78, 5) is 28.4. The third-order valence-electron chi connectivity index (χ3n) is 4.24. The predicted octanol–water partition coefficient (Wildman–Crippen LogP) is 3.50. The first-order valence-corrected chi connectivity index (χ1v) is 8.67. The summed E-state index contributed by atoms with van der Waals surface area (Å²) in [6.45, 7) is 2.33. The molecule has 1 aromatic heterocycles. The number of aryl methyl sites for hydroxylation is 1. The number of rotatable bonds is 6. The minimum absolute atomic E-state index is 0.0851. The Morgan fingerprint density at radius 3 is 2.58 bits per heavy atom. The second-order valence-electron chi connectivity index (χ2n) is 6.11. The zero-order chi connectivity index (χ0) is 18.5. The van der Waals surface area contributed by atoms with Crippen LogP contribution in [0.4, 0.5) is 4.79 Å². The molecular weight excluding hydrogens is 330 g/mol. The molecule has 6 heteroatoms. The monoisotopic (exact) mass is 351 g/mol. The Kier molecular flexibility index (Phi) is 5.31. The van der Waals surface area contributed by atoms with Crippen molar-refractivity contribution in [2.45, 2.75) is 32.7 Å². The summed E-state index contributed by atoms with van der Waals surface area (Å²) >= 11 is 0. The summed E-state index contributed by atoms with van der Waals surface area (Å²) in [6.07, 6.45) is 1.62. The summed E-state index contributed by atoms with van der Waals surface area (Å²) < 4.78 is 1.66. The number of aromatic nitrogens is 2. The third-order valence-corrected chi connectivity index (χ3v) is 4.24. The lowest BCUT2D eigenvalue weighted by Gasteiger charge is -2.14. The number of fused-ring (bicyclic) bond motifs is 1. The van der Waals surface area contributed by atoms with Gasteiger partial charge in [-0.1, -0.05) is 37.6 Å². The van der Waals surface area contributed by atoms with E-state index in [4.69, 9.17) is 10.1 Å². The molecule has 0 aliphatic rings. The molecule has 3 rings (SSSR count). The Morgan fingerprint density at radius 2 is 1.88 bits per heavy atom. The van der Waals surface area contributed by atoms with Crippen molar-refractivity contribution in [3.8, 4) is 5.69 Å². The van der Waals surface area contributed by atoms with Gasteiger partial charge in [-0.15, -0.1) is 0 Å².